The van der Waals surface area contributed by atoms with Gasteiger partial charge in [0, 0.05) is 0 Å². The molecule has 0 bridgehead atoms. The molecular weight excluding hydrogens is 244 g/mol. The lowest BCUT2D eigenvalue weighted by Gasteiger charge is -2.08. The highest BCUT2D eigenvalue weighted by atomic mass is 15.1. The molecule has 2 rings (SSSR count). The van der Waals surface area contributed by atoms with Crippen LogP contribution in [0.4, 0.5) is 11.4 Å². The topological polar surface area (TPSA) is 24.7 Å². The van der Waals surface area contributed by atoms with Crippen LogP contribution >= 0.6 is 0 Å². The van der Waals surface area contributed by atoms with Crippen molar-refractivity contribution >= 4 is 11.4 Å². The maximum Gasteiger partial charge on any atom is 0.0891 e. The molecule has 0 aliphatic rings. The third-order valence-corrected chi connectivity index (χ3v) is 3.62. The van der Waals surface area contributed by atoms with Crippen molar-refractivity contribution in [3.63, 3.8) is 0 Å². The van der Waals surface area contributed by atoms with E-state index < -0.39 is 0 Å². The van der Waals surface area contributed by atoms with Crippen molar-refractivity contribution in [2.45, 2.75) is 40.0 Å². The normalized spacial score (nSPS) is 11.2. The molecule has 0 unspecified atom stereocenters. The molecule has 2 heteroatoms. The van der Waals surface area contributed by atoms with Gasteiger partial charge in [-0.15, -0.1) is 0 Å². The molecule has 0 aliphatic carbocycles. The Morgan fingerprint density at radius 2 is 1.25 bits per heavy atom. The summed E-state index contributed by atoms with van der Waals surface area (Å²) in [7, 11) is 0. The van der Waals surface area contributed by atoms with E-state index in [4.69, 9.17) is 0 Å². The fraction of sp³-hybridized carbons (Fsp3) is 0.333. The third-order valence-electron chi connectivity index (χ3n) is 3.62. The van der Waals surface area contributed by atoms with Gasteiger partial charge in [0.25, 0.3) is 0 Å². The highest BCUT2D eigenvalue weighted by Crippen LogP contribution is 2.27. The summed E-state index contributed by atoms with van der Waals surface area (Å²) >= 11 is 0. The minimum atomic E-state index is 0.971. The summed E-state index contributed by atoms with van der Waals surface area (Å²) in [4.78, 5) is 0. The Labute approximate surface area is 121 Å². The molecule has 2 nitrogen and oxygen atoms in total. The van der Waals surface area contributed by atoms with E-state index in [0.29, 0.717) is 0 Å². The molecule has 0 radical (unpaired) electrons. The zero-order valence-corrected chi connectivity index (χ0v) is 12.6. The molecule has 20 heavy (non-hydrogen) atoms. The van der Waals surface area contributed by atoms with Gasteiger partial charge in [-0.05, 0) is 48.1 Å². The van der Waals surface area contributed by atoms with E-state index in [0.717, 1.165) is 30.6 Å². The number of aryl methyl sites for hydroxylation is 2. The van der Waals surface area contributed by atoms with Crippen molar-refractivity contribution in [3.8, 4) is 0 Å². The Morgan fingerprint density at radius 1 is 0.650 bits per heavy atom. The van der Waals surface area contributed by atoms with Gasteiger partial charge in [-0.25, -0.2) is 0 Å². The summed E-state index contributed by atoms with van der Waals surface area (Å²) in [6.45, 7) is 6.50. The van der Waals surface area contributed by atoms with Gasteiger partial charge < -0.3 is 0 Å². The standard InChI is InChI=1S/C18H22N2/c1-4-14-11-9-13-18(16(14)6-3)20-19-17-12-8-7-10-15(17)5-2/h7-13H,4-6H2,1-3H3. The molecule has 0 aromatic heterocycles. The van der Waals surface area contributed by atoms with Crippen LogP contribution in [0.5, 0.6) is 0 Å². The summed E-state index contributed by atoms with van der Waals surface area (Å²) in [5.74, 6) is 0. The van der Waals surface area contributed by atoms with Gasteiger partial charge in [0.1, 0.15) is 0 Å². The maximum absolute atomic E-state index is 4.49. The van der Waals surface area contributed by atoms with Crippen LogP contribution in [-0.4, -0.2) is 0 Å². The number of benzene rings is 2. The third kappa shape index (κ3) is 3.13. The maximum atomic E-state index is 4.49. The summed E-state index contributed by atoms with van der Waals surface area (Å²) in [6.07, 6.45) is 3.01. The van der Waals surface area contributed by atoms with Gasteiger partial charge in [-0.2, -0.15) is 10.2 Å². The van der Waals surface area contributed by atoms with E-state index in [1.807, 2.05) is 18.2 Å². The highest BCUT2D eigenvalue weighted by molar-refractivity contribution is 5.51. The first kappa shape index (κ1) is 14.4. The van der Waals surface area contributed by atoms with E-state index in [1.165, 1.54) is 16.7 Å². The van der Waals surface area contributed by atoms with Crippen LogP contribution in [0.1, 0.15) is 37.5 Å². The second-order valence-corrected chi connectivity index (χ2v) is 4.80. The first-order chi connectivity index (χ1) is 9.80. The lowest BCUT2D eigenvalue weighted by Crippen LogP contribution is -1.90. The van der Waals surface area contributed by atoms with Crippen molar-refractivity contribution in [2.75, 3.05) is 0 Å². The van der Waals surface area contributed by atoms with Crippen molar-refractivity contribution in [2.24, 2.45) is 10.2 Å². The predicted molar refractivity (Wildman–Crippen MR) is 85.2 cm³/mol. The number of hydrogen-bond acceptors (Lipinski definition) is 2. The summed E-state index contributed by atoms with van der Waals surface area (Å²) in [5, 5.41) is 8.95. The van der Waals surface area contributed by atoms with Crippen molar-refractivity contribution in [3.05, 3.63) is 59.2 Å². The van der Waals surface area contributed by atoms with Crippen LogP contribution in [0.15, 0.2) is 52.7 Å². The van der Waals surface area contributed by atoms with Crippen molar-refractivity contribution < 1.29 is 0 Å². The van der Waals surface area contributed by atoms with Gasteiger partial charge >= 0.3 is 0 Å². The van der Waals surface area contributed by atoms with Gasteiger partial charge in [-0.3, -0.25) is 0 Å². The van der Waals surface area contributed by atoms with E-state index in [-0.39, 0.29) is 0 Å². The molecule has 2 aromatic rings. The summed E-state index contributed by atoms with van der Waals surface area (Å²) in [5.41, 5.74) is 5.89. The average Bonchev–Trinajstić information content (AvgIpc) is 2.52. The molecule has 2 aromatic carbocycles. The van der Waals surface area contributed by atoms with Crippen LogP contribution in [0.3, 0.4) is 0 Å². The molecule has 0 fully saturated rings. The first-order valence-electron chi connectivity index (χ1n) is 7.40. The van der Waals surface area contributed by atoms with Crippen molar-refractivity contribution in [1.82, 2.24) is 0 Å². The lowest BCUT2D eigenvalue weighted by atomic mass is 10.0. The molecule has 0 amide bonds. The Hall–Kier alpha value is -1.96. The SMILES string of the molecule is CCc1ccccc1N=Nc1cccc(CC)c1CC. The van der Waals surface area contributed by atoms with Crippen molar-refractivity contribution in [1.29, 1.82) is 0 Å². The number of rotatable bonds is 5. The van der Waals surface area contributed by atoms with E-state index in [9.17, 15) is 0 Å². The molecular formula is C18H22N2. The Bertz CT molecular complexity index is 600. The van der Waals surface area contributed by atoms with E-state index in [2.05, 4.69) is 55.3 Å². The fourth-order valence-corrected chi connectivity index (χ4v) is 2.47. The summed E-state index contributed by atoms with van der Waals surface area (Å²) < 4.78 is 0. The quantitative estimate of drug-likeness (QED) is 0.612. The van der Waals surface area contributed by atoms with Crippen LogP contribution in [0.25, 0.3) is 0 Å². The fourth-order valence-electron chi connectivity index (χ4n) is 2.47. The molecule has 0 saturated carbocycles. The monoisotopic (exact) mass is 266 g/mol. The predicted octanol–water partition coefficient (Wildman–Crippen LogP) is 5.79. The molecule has 104 valence electrons. The number of hydrogen-bond donors (Lipinski definition) is 0. The van der Waals surface area contributed by atoms with Gasteiger partial charge in [-0.1, -0.05) is 51.1 Å². The second-order valence-electron chi connectivity index (χ2n) is 4.80. The smallest absolute Gasteiger partial charge is 0.0891 e. The molecule has 0 N–H and O–H groups in total. The van der Waals surface area contributed by atoms with Crippen LogP contribution in [0, 0.1) is 0 Å². The average molecular weight is 266 g/mol. The molecule has 0 spiro atoms. The molecule has 0 aliphatic heterocycles. The number of nitrogens with zero attached hydrogens (tertiary/aromatic N) is 2. The first-order valence-corrected chi connectivity index (χ1v) is 7.40. The van der Waals surface area contributed by atoms with E-state index >= 15 is 0 Å². The molecule has 0 saturated heterocycles. The minimum absolute atomic E-state index is 0.971. The number of azo groups is 1. The zero-order valence-electron chi connectivity index (χ0n) is 12.6. The zero-order chi connectivity index (χ0) is 14.4. The lowest BCUT2D eigenvalue weighted by molar-refractivity contribution is 1.02. The van der Waals surface area contributed by atoms with Gasteiger partial charge in [0.05, 0.1) is 11.4 Å². The van der Waals surface area contributed by atoms with Crippen LogP contribution < -0.4 is 0 Å². The Morgan fingerprint density at radius 3 is 1.95 bits per heavy atom. The molecule has 0 heterocycles. The Kier molecular flexibility index (Phi) is 5.05. The van der Waals surface area contributed by atoms with Gasteiger partial charge in [0.2, 0.25) is 0 Å². The molecule has 0 atom stereocenters. The van der Waals surface area contributed by atoms with E-state index in [1.54, 1.807) is 0 Å². The Balaban J connectivity index is 2.36. The minimum Gasteiger partial charge on any atom is -0.150 e. The summed E-state index contributed by atoms with van der Waals surface area (Å²) in [6, 6.07) is 14.5. The highest BCUT2D eigenvalue weighted by Gasteiger charge is 2.05. The van der Waals surface area contributed by atoms with Crippen LogP contribution in [-0.2, 0) is 19.3 Å². The second kappa shape index (κ2) is 6.99. The van der Waals surface area contributed by atoms with Crippen LogP contribution in [0.2, 0.25) is 0 Å². The van der Waals surface area contributed by atoms with Gasteiger partial charge in [0.15, 0.2) is 0 Å². The largest absolute Gasteiger partial charge is 0.150 e.